The smallest absolute Gasteiger partial charge is 0.161 e. The van der Waals surface area contributed by atoms with E-state index in [4.69, 9.17) is 4.74 Å². The molecule has 0 amide bonds. The number of aromatic nitrogens is 2. The highest BCUT2D eigenvalue weighted by Crippen LogP contribution is 2.21. The van der Waals surface area contributed by atoms with Gasteiger partial charge in [-0.25, -0.2) is 9.97 Å². The van der Waals surface area contributed by atoms with Gasteiger partial charge in [0, 0.05) is 24.4 Å². The van der Waals surface area contributed by atoms with Crippen molar-refractivity contribution >= 4 is 5.82 Å². The van der Waals surface area contributed by atoms with Crippen LogP contribution in [0.2, 0.25) is 0 Å². The molecule has 0 saturated carbocycles. The fourth-order valence-electron chi connectivity index (χ4n) is 1.88. The van der Waals surface area contributed by atoms with Crippen LogP contribution < -0.4 is 10.1 Å². The monoisotopic (exact) mass is 257 g/mol. The molecule has 0 aliphatic carbocycles. The number of hydrogen-bond donors (Lipinski definition) is 1. The molecule has 1 aromatic heterocycles. The van der Waals surface area contributed by atoms with E-state index in [1.54, 1.807) is 7.11 Å². The molecule has 0 atom stereocenters. The second-order valence-electron chi connectivity index (χ2n) is 4.30. The lowest BCUT2D eigenvalue weighted by Crippen LogP contribution is -2.00. The van der Waals surface area contributed by atoms with Crippen LogP contribution in [-0.2, 0) is 6.42 Å². The number of hydrogen-bond acceptors (Lipinski definition) is 4. The first-order valence-corrected chi connectivity index (χ1v) is 6.47. The molecule has 2 rings (SSSR count). The van der Waals surface area contributed by atoms with Crippen molar-refractivity contribution in [2.24, 2.45) is 0 Å². The SMILES string of the molecule is CCCc1cc(NC)nc(-c2ccc(OC)cc2)n1. The third-order valence-electron chi connectivity index (χ3n) is 2.89. The molecule has 0 aliphatic rings. The van der Waals surface area contributed by atoms with Crippen molar-refractivity contribution in [2.75, 3.05) is 19.5 Å². The fourth-order valence-corrected chi connectivity index (χ4v) is 1.88. The summed E-state index contributed by atoms with van der Waals surface area (Å²) in [7, 11) is 3.53. The van der Waals surface area contributed by atoms with E-state index in [0.29, 0.717) is 0 Å². The summed E-state index contributed by atoms with van der Waals surface area (Å²) in [6.07, 6.45) is 2.03. The van der Waals surface area contributed by atoms with Gasteiger partial charge in [0.2, 0.25) is 0 Å². The Hall–Kier alpha value is -2.10. The van der Waals surface area contributed by atoms with Crippen LogP contribution in [-0.4, -0.2) is 24.1 Å². The van der Waals surface area contributed by atoms with Crippen molar-refractivity contribution in [3.63, 3.8) is 0 Å². The average molecular weight is 257 g/mol. The third kappa shape index (κ3) is 3.22. The molecule has 0 radical (unpaired) electrons. The molecule has 0 fully saturated rings. The van der Waals surface area contributed by atoms with Gasteiger partial charge in [-0.15, -0.1) is 0 Å². The minimum atomic E-state index is 0.748. The summed E-state index contributed by atoms with van der Waals surface area (Å²) in [5, 5.41) is 3.08. The summed E-state index contributed by atoms with van der Waals surface area (Å²) >= 11 is 0. The molecule has 0 unspecified atom stereocenters. The zero-order valence-corrected chi connectivity index (χ0v) is 11.6. The number of methoxy groups -OCH3 is 1. The van der Waals surface area contributed by atoms with Crippen LogP contribution in [0.5, 0.6) is 5.75 Å². The molecule has 2 aromatic rings. The largest absolute Gasteiger partial charge is 0.497 e. The van der Waals surface area contributed by atoms with Crippen LogP contribution in [0, 0.1) is 0 Å². The van der Waals surface area contributed by atoms with Gasteiger partial charge in [0.05, 0.1) is 7.11 Å². The van der Waals surface area contributed by atoms with Crippen LogP contribution in [0.25, 0.3) is 11.4 Å². The molecule has 1 aromatic carbocycles. The molecular weight excluding hydrogens is 238 g/mol. The van der Waals surface area contributed by atoms with Crippen LogP contribution >= 0.6 is 0 Å². The molecular formula is C15H19N3O. The topological polar surface area (TPSA) is 47.0 Å². The Kier molecular flexibility index (Phi) is 4.34. The molecule has 0 spiro atoms. The van der Waals surface area contributed by atoms with E-state index in [0.717, 1.165) is 41.5 Å². The molecule has 100 valence electrons. The number of rotatable bonds is 5. The second-order valence-corrected chi connectivity index (χ2v) is 4.30. The van der Waals surface area contributed by atoms with Gasteiger partial charge in [0.15, 0.2) is 5.82 Å². The maximum atomic E-state index is 5.16. The summed E-state index contributed by atoms with van der Waals surface area (Å²) in [4.78, 5) is 9.10. The van der Waals surface area contributed by atoms with Crippen molar-refractivity contribution in [1.29, 1.82) is 0 Å². The average Bonchev–Trinajstić information content (AvgIpc) is 2.47. The maximum absolute atomic E-state index is 5.16. The first-order valence-electron chi connectivity index (χ1n) is 6.47. The van der Waals surface area contributed by atoms with Crippen molar-refractivity contribution in [1.82, 2.24) is 9.97 Å². The molecule has 0 saturated heterocycles. The van der Waals surface area contributed by atoms with Crippen LogP contribution in [0.3, 0.4) is 0 Å². The minimum Gasteiger partial charge on any atom is -0.497 e. The van der Waals surface area contributed by atoms with E-state index in [9.17, 15) is 0 Å². The Balaban J connectivity index is 2.38. The molecule has 1 heterocycles. The first kappa shape index (κ1) is 13.3. The van der Waals surface area contributed by atoms with E-state index in [1.165, 1.54) is 0 Å². The first-order chi connectivity index (χ1) is 9.26. The maximum Gasteiger partial charge on any atom is 0.161 e. The fraction of sp³-hybridized carbons (Fsp3) is 0.333. The van der Waals surface area contributed by atoms with Gasteiger partial charge in [-0.3, -0.25) is 0 Å². The third-order valence-corrected chi connectivity index (χ3v) is 2.89. The Morgan fingerprint density at radius 2 is 1.89 bits per heavy atom. The summed E-state index contributed by atoms with van der Waals surface area (Å²) in [5.41, 5.74) is 2.06. The zero-order chi connectivity index (χ0) is 13.7. The highest BCUT2D eigenvalue weighted by Gasteiger charge is 2.06. The summed E-state index contributed by atoms with van der Waals surface area (Å²) in [6.45, 7) is 2.15. The standard InChI is InChI=1S/C15H19N3O/c1-4-5-12-10-14(16-2)18-15(17-12)11-6-8-13(19-3)9-7-11/h6-10H,4-5H2,1-3H3,(H,16,17,18). The normalized spacial score (nSPS) is 10.3. The number of anilines is 1. The number of nitrogens with one attached hydrogen (secondary N) is 1. The van der Waals surface area contributed by atoms with E-state index in [-0.39, 0.29) is 0 Å². The van der Waals surface area contributed by atoms with Gasteiger partial charge in [-0.2, -0.15) is 0 Å². The molecule has 19 heavy (non-hydrogen) atoms. The van der Waals surface area contributed by atoms with Crippen molar-refractivity contribution in [3.8, 4) is 17.1 Å². The summed E-state index contributed by atoms with van der Waals surface area (Å²) in [5.74, 6) is 2.43. The Bertz CT molecular complexity index is 538. The van der Waals surface area contributed by atoms with E-state index < -0.39 is 0 Å². The number of ether oxygens (including phenoxy) is 1. The lowest BCUT2D eigenvalue weighted by molar-refractivity contribution is 0.415. The molecule has 4 nitrogen and oxygen atoms in total. The Labute approximate surface area is 113 Å². The number of nitrogens with zero attached hydrogens (tertiary/aromatic N) is 2. The molecule has 1 N–H and O–H groups in total. The molecule has 0 aliphatic heterocycles. The predicted octanol–water partition coefficient (Wildman–Crippen LogP) is 3.15. The van der Waals surface area contributed by atoms with E-state index in [2.05, 4.69) is 22.2 Å². The highest BCUT2D eigenvalue weighted by molar-refractivity contribution is 5.58. The van der Waals surface area contributed by atoms with E-state index in [1.807, 2.05) is 37.4 Å². The summed E-state index contributed by atoms with van der Waals surface area (Å²) in [6, 6.07) is 9.79. The number of benzene rings is 1. The highest BCUT2D eigenvalue weighted by atomic mass is 16.5. The van der Waals surface area contributed by atoms with Crippen molar-refractivity contribution in [2.45, 2.75) is 19.8 Å². The predicted molar refractivity (Wildman–Crippen MR) is 77.6 cm³/mol. The molecule has 0 bridgehead atoms. The van der Waals surface area contributed by atoms with Gasteiger partial charge < -0.3 is 10.1 Å². The Morgan fingerprint density at radius 1 is 1.16 bits per heavy atom. The minimum absolute atomic E-state index is 0.748. The quantitative estimate of drug-likeness (QED) is 0.893. The summed E-state index contributed by atoms with van der Waals surface area (Å²) < 4.78 is 5.16. The zero-order valence-electron chi connectivity index (χ0n) is 11.6. The van der Waals surface area contributed by atoms with Gasteiger partial charge in [-0.1, -0.05) is 13.3 Å². The van der Waals surface area contributed by atoms with Gasteiger partial charge in [-0.05, 0) is 30.7 Å². The molecule has 4 heteroatoms. The van der Waals surface area contributed by atoms with Crippen LogP contribution in [0.1, 0.15) is 19.0 Å². The lowest BCUT2D eigenvalue weighted by Gasteiger charge is -2.08. The van der Waals surface area contributed by atoms with Gasteiger partial charge in [0.25, 0.3) is 0 Å². The van der Waals surface area contributed by atoms with Crippen LogP contribution in [0.4, 0.5) is 5.82 Å². The van der Waals surface area contributed by atoms with Crippen molar-refractivity contribution in [3.05, 3.63) is 36.0 Å². The van der Waals surface area contributed by atoms with E-state index >= 15 is 0 Å². The van der Waals surface area contributed by atoms with Gasteiger partial charge >= 0.3 is 0 Å². The van der Waals surface area contributed by atoms with Crippen molar-refractivity contribution < 1.29 is 4.74 Å². The lowest BCUT2D eigenvalue weighted by atomic mass is 10.2. The van der Waals surface area contributed by atoms with Crippen LogP contribution in [0.15, 0.2) is 30.3 Å². The van der Waals surface area contributed by atoms with Gasteiger partial charge in [0.1, 0.15) is 11.6 Å². The number of aryl methyl sites for hydroxylation is 1. The Morgan fingerprint density at radius 3 is 2.47 bits per heavy atom. The second kappa shape index (κ2) is 6.18.